The van der Waals surface area contributed by atoms with Gasteiger partial charge >= 0.3 is 0 Å². The summed E-state index contributed by atoms with van der Waals surface area (Å²) in [5.74, 6) is 3.10. The van der Waals surface area contributed by atoms with Crippen molar-refractivity contribution in [3.8, 4) is 0 Å². The molecule has 1 aromatic heterocycles. The molecule has 0 spiro atoms. The summed E-state index contributed by atoms with van der Waals surface area (Å²) in [6.45, 7) is 3.01. The third-order valence-corrected chi connectivity index (χ3v) is 4.15. The van der Waals surface area contributed by atoms with Gasteiger partial charge in [0.1, 0.15) is 11.5 Å². The summed E-state index contributed by atoms with van der Waals surface area (Å²) in [6.07, 6.45) is 1.21. The Morgan fingerprint density at radius 3 is 2.91 bits per heavy atom. The largest absolute Gasteiger partial charge is 0.464 e. The highest BCUT2D eigenvalue weighted by Crippen LogP contribution is 2.47. The summed E-state index contributed by atoms with van der Waals surface area (Å²) in [5, 5.41) is 14.7. The predicted molar refractivity (Wildman–Crippen MR) is 88.4 cm³/mol. The molecule has 3 rings (SSSR count). The van der Waals surface area contributed by atoms with E-state index >= 15 is 0 Å². The summed E-state index contributed by atoms with van der Waals surface area (Å²) in [7, 11) is 0. The Balaban J connectivity index is 1.57. The number of hydrogen-bond acceptors (Lipinski definition) is 4. The van der Waals surface area contributed by atoms with Crippen LogP contribution in [0.3, 0.4) is 0 Å². The second-order valence-corrected chi connectivity index (χ2v) is 6.04. The molecule has 1 heterocycles. The molecular formula is C18H22N2O3. The number of furan rings is 1. The molecule has 1 saturated carbocycles. The Morgan fingerprint density at radius 1 is 1.35 bits per heavy atom. The van der Waals surface area contributed by atoms with Gasteiger partial charge in [0.25, 0.3) is 5.91 Å². The van der Waals surface area contributed by atoms with Gasteiger partial charge in [0.15, 0.2) is 0 Å². The van der Waals surface area contributed by atoms with Crippen LogP contribution in [-0.4, -0.2) is 24.2 Å². The molecule has 0 radical (unpaired) electrons. The minimum absolute atomic E-state index is 0.0654. The maximum atomic E-state index is 11.9. The molecule has 5 heteroatoms. The van der Waals surface area contributed by atoms with Crippen molar-refractivity contribution in [1.82, 2.24) is 5.32 Å². The van der Waals surface area contributed by atoms with E-state index in [0.717, 1.165) is 23.1 Å². The first-order valence-electron chi connectivity index (χ1n) is 7.99. The highest BCUT2D eigenvalue weighted by Gasteiger charge is 2.36. The Kier molecular flexibility index (Phi) is 4.67. The molecule has 122 valence electrons. The molecule has 23 heavy (non-hydrogen) atoms. The maximum Gasteiger partial charge on any atom is 0.251 e. The fraction of sp³-hybridized carbons (Fsp3) is 0.389. The van der Waals surface area contributed by atoms with Crippen LogP contribution in [-0.2, 0) is 6.54 Å². The first-order valence-corrected chi connectivity index (χ1v) is 7.99. The van der Waals surface area contributed by atoms with Gasteiger partial charge in [-0.3, -0.25) is 4.79 Å². The van der Waals surface area contributed by atoms with Gasteiger partial charge in [0, 0.05) is 23.7 Å². The highest BCUT2D eigenvalue weighted by molar-refractivity contribution is 5.95. The average Bonchev–Trinajstić information content (AvgIpc) is 3.11. The number of aliphatic hydroxyl groups is 1. The lowest BCUT2D eigenvalue weighted by Crippen LogP contribution is -2.26. The van der Waals surface area contributed by atoms with Crippen LogP contribution in [0, 0.1) is 5.92 Å². The molecule has 1 fully saturated rings. The second-order valence-electron chi connectivity index (χ2n) is 6.04. The molecule has 5 nitrogen and oxygen atoms in total. The molecule has 2 unspecified atom stereocenters. The van der Waals surface area contributed by atoms with Crippen molar-refractivity contribution in [3.63, 3.8) is 0 Å². The number of nitrogens with one attached hydrogen (secondary N) is 2. The molecule has 0 aliphatic heterocycles. The van der Waals surface area contributed by atoms with Crippen LogP contribution in [0.1, 0.15) is 41.1 Å². The molecule has 2 aromatic rings. The van der Waals surface area contributed by atoms with Crippen molar-refractivity contribution in [1.29, 1.82) is 0 Å². The van der Waals surface area contributed by atoms with Crippen molar-refractivity contribution in [2.75, 3.05) is 18.5 Å². The molecule has 1 amide bonds. The Labute approximate surface area is 135 Å². The number of carbonyl (C=O) groups is 1. The van der Waals surface area contributed by atoms with Crippen molar-refractivity contribution in [2.45, 2.75) is 25.8 Å². The number of rotatable bonds is 7. The topological polar surface area (TPSA) is 74.5 Å². The minimum Gasteiger partial charge on any atom is -0.464 e. The third kappa shape index (κ3) is 3.93. The van der Waals surface area contributed by atoms with Gasteiger partial charge in [0.2, 0.25) is 0 Å². The SMILES string of the molecule is CC1CC1c1ccc(CNc2cccc(C(=O)NCCO)c2)o1. The van der Waals surface area contributed by atoms with E-state index in [1.807, 2.05) is 18.2 Å². The Hall–Kier alpha value is -2.27. The minimum atomic E-state index is -0.189. The van der Waals surface area contributed by atoms with Gasteiger partial charge in [-0.15, -0.1) is 0 Å². The molecule has 1 aromatic carbocycles. The van der Waals surface area contributed by atoms with E-state index in [1.54, 1.807) is 12.1 Å². The maximum absolute atomic E-state index is 11.9. The lowest BCUT2D eigenvalue weighted by Gasteiger charge is -2.07. The first-order chi connectivity index (χ1) is 11.2. The molecule has 2 atom stereocenters. The number of anilines is 1. The molecule has 0 saturated heterocycles. The number of hydrogen-bond donors (Lipinski definition) is 3. The highest BCUT2D eigenvalue weighted by atomic mass is 16.3. The average molecular weight is 314 g/mol. The van der Waals surface area contributed by atoms with Crippen LogP contribution < -0.4 is 10.6 Å². The van der Waals surface area contributed by atoms with E-state index < -0.39 is 0 Å². The van der Waals surface area contributed by atoms with Crippen LogP contribution in [0.5, 0.6) is 0 Å². The van der Waals surface area contributed by atoms with Gasteiger partial charge in [-0.1, -0.05) is 13.0 Å². The Morgan fingerprint density at radius 2 is 2.17 bits per heavy atom. The first kappa shape index (κ1) is 15.6. The summed E-state index contributed by atoms with van der Waals surface area (Å²) >= 11 is 0. The summed E-state index contributed by atoms with van der Waals surface area (Å²) in [4.78, 5) is 11.9. The van der Waals surface area contributed by atoms with Crippen LogP contribution >= 0.6 is 0 Å². The zero-order valence-corrected chi connectivity index (χ0v) is 13.2. The van der Waals surface area contributed by atoms with E-state index in [1.165, 1.54) is 6.42 Å². The quantitative estimate of drug-likeness (QED) is 0.734. The molecular weight excluding hydrogens is 292 g/mol. The van der Waals surface area contributed by atoms with E-state index in [0.29, 0.717) is 18.0 Å². The molecule has 3 N–H and O–H groups in total. The lowest BCUT2D eigenvalue weighted by molar-refractivity contribution is 0.0945. The van der Waals surface area contributed by atoms with Gasteiger partial charge in [-0.05, 0) is 42.7 Å². The molecule has 1 aliphatic rings. The zero-order chi connectivity index (χ0) is 16.2. The Bertz CT molecular complexity index is 680. The van der Waals surface area contributed by atoms with Crippen molar-refractivity contribution >= 4 is 11.6 Å². The summed E-state index contributed by atoms with van der Waals surface area (Å²) in [5.41, 5.74) is 1.43. The van der Waals surface area contributed by atoms with Crippen LogP contribution in [0.15, 0.2) is 40.8 Å². The van der Waals surface area contributed by atoms with Crippen LogP contribution in [0.2, 0.25) is 0 Å². The predicted octanol–water partition coefficient (Wildman–Crippen LogP) is 2.74. The third-order valence-electron chi connectivity index (χ3n) is 4.15. The number of carbonyl (C=O) groups excluding carboxylic acids is 1. The molecule has 0 bridgehead atoms. The lowest BCUT2D eigenvalue weighted by atomic mass is 10.2. The van der Waals surface area contributed by atoms with E-state index in [-0.39, 0.29) is 19.1 Å². The van der Waals surface area contributed by atoms with Crippen LogP contribution in [0.4, 0.5) is 5.69 Å². The molecule has 1 aliphatic carbocycles. The standard InChI is InChI=1S/C18H22N2O3/c1-12-9-16(12)17-6-5-15(23-17)11-20-14-4-2-3-13(10-14)18(22)19-7-8-21/h2-6,10,12,16,20-21H,7-9,11H2,1H3,(H,19,22). The van der Waals surface area contributed by atoms with Gasteiger partial charge in [0.05, 0.1) is 13.2 Å². The van der Waals surface area contributed by atoms with Crippen molar-refractivity contribution in [2.24, 2.45) is 5.92 Å². The van der Waals surface area contributed by atoms with Crippen LogP contribution in [0.25, 0.3) is 0 Å². The van der Waals surface area contributed by atoms with Crippen molar-refractivity contribution in [3.05, 3.63) is 53.5 Å². The van der Waals surface area contributed by atoms with Gasteiger partial charge < -0.3 is 20.2 Å². The van der Waals surface area contributed by atoms with Gasteiger partial charge in [-0.25, -0.2) is 0 Å². The number of benzene rings is 1. The monoisotopic (exact) mass is 314 g/mol. The number of aliphatic hydroxyl groups excluding tert-OH is 1. The fourth-order valence-electron chi connectivity index (χ4n) is 2.64. The van der Waals surface area contributed by atoms with E-state index in [9.17, 15) is 4.79 Å². The zero-order valence-electron chi connectivity index (χ0n) is 13.2. The summed E-state index contributed by atoms with van der Waals surface area (Å²) in [6, 6.07) is 11.3. The normalized spacial score (nSPS) is 19.4. The smallest absolute Gasteiger partial charge is 0.251 e. The van der Waals surface area contributed by atoms with E-state index in [2.05, 4.69) is 23.6 Å². The number of amides is 1. The second kappa shape index (κ2) is 6.87. The van der Waals surface area contributed by atoms with Crippen molar-refractivity contribution < 1.29 is 14.3 Å². The fourth-order valence-corrected chi connectivity index (χ4v) is 2.64. The van der Waals surface area contributed by atoms with E-state index in [4.69, 9.17) is 9.52 Å². The summed E-state index contributed by atoms with van der Waals surface area (Å²) < 4.78 is 5.86. The van der Waals surface area contributed by atoms with Gasteiger partial charge in [-0.2, -0.15) is 0 Å².